The van der Waals surface area contributed by atoms with Crippen molar-refractivity contribution in [3.8, 4) is 0 Å². The molecule has 0 radical (unpaired) electrons. The first kappa shape index (κ1) is 18.7. The van der Waals surface area contributed by atoms with Crippen molar-refractivity contribution in [1.29, 1.82) is 0 Å². The molecule has 142 valence electrons. The largest absolute Gasteiger partial charge is 0.480 e. The number of aliphatic imine (C=N–C) groups is 1. The first-order valence-corrected chi connectivity index (χ1v) is 10.0. The summed E-state index contributed by atoms with van der Waals surface area (Å²) in [4.78, 5) is 17.7. The Kier molecular flexibility index (Phi) is 5.19. The number of hydrogen-bond acceptors (Lipinski definition) is 6. The molecule has 0 amide bonds. The minimum Gasteiger partial charge on any atom is -0.480 e. The van der Waals surface area contributed by atoms with E-state index in [0.29, 0.717) is 25.7 Å². The third-order valence-corrected chi connectivity index (χ3v) is 6.53. The van der Waals surface area contributed by atoms with E-state index in [1.807, 2.05) is 13.8 Å². The van der Waals surface area contributed by atoms with Crippen molar-refractivity contribution < 1.29 is 23.1 Å². The number of sulfonamides is 1. The number of amidine groups is 1. The molecule has 1 aromatic carbocycles. The van der Waals surface area contributed by atoms with Gasteiger partial charge in [-0.25, -0.2) is 13.4 Å². The molecule has 0 saturated carbocycles. The van der Waals surface area contributed by atoms with Crippen molar-refractivity contribution in [2.45, 2.75) is 30.7 Å². The highest BCUT2D eigenvalue weighted by molar-refractivity contribution is 7.89. The van der Waals surface area contributed by atoms with Gasteiger partial charge in [-0.05, 0) is 23.6 Å². The second-order valence-electron chi connectivity index (χ2n) is 6.65. The molecule has 1 fully saturated rings. The molecule has 0 aromatic heterocycles. The first-order chi connectivity index (χ1) is 12.3. The Labute approximate surface area is 153 Å². The predicted octanol–water partition coefficient (Wildman–Crippen LogP) is 0.956. The van der Waals surface area contributed by atoms with Gasteiger partial charge in [0.15, 0.2) is 0 Å². The summed E-state index contributed by atoms with van der Waals surface area (Å²) in [6.07, 6.45) is 0. The molecule has 0 spiro atoms. The van der Waals surface area contributed by atoms with Crippen molar-refractivity contribution in [2.75, 3.05) is 32.8 Å². The highest BCUT2D eigenvalue weighted by Crippen LogP contribution is 2.24. The fourth-order valence-electron chi connectivity index (χ4n) is 3.10. The number of carboxylic acids is 1. The molecule has 2 aliphatic rings. The highest BCUT2D eigenvalue weighted by Gasteiger charge is 2.41. The van der Waals surface area contributed by atoms with E-state index in [2.05, 4.69) is 4.99 Å². The zero-order chi connectivity index (χ0) is 18.9. The lowest BCUT2D eigenvalue weighted by atomic mass is 10.0. The van der Waals surface area contributed by atoms with Gasteiger partial charge < -0.3 is 14.7 Å². The number of carbonyl (C=O) groups is 1. The van der Waals surface area contributed by atoms with E-state index in [9.17, 15) is 18.3 Å². The van der Waals surface area contributed by atoms with E-state index >= 15 is 0 Å². The predicted molar refractivity (Wildman–Crippen MR) is 95.7 cm³/mol. The van der Waals surface area contributed by atoms with Gasteiger partial charge in [-0.1, -0.05) is 26.0 Å². The molecule has 2 aliphatic heterocycles. The van der Waals surface area contributed by atoms with Crippen molar-refractivity contribution in [3.63, 3.8) is 0 Å². The maximum atomic E-state index is 13.0. The summed E-state index contributed by atoms with van der Waals surface area (Å²) in [5.41, 5.74) is 1.03. The van der Waals surface area contributed by atoms with Crippen LogP contribution in [0.25, 0.3) is 0 Å². The summed E-state index contributed by atoms with van der Waals surface area (Å²) in [6, 6.07) is 5.83. The zero-order valence-electron chi connectivity index (χ0n) is 14.8. The Morgan fingerprint density at radius 1 is 1.27 bits per heavy atom. The van der Waals surface area contributed by atoms with Gasteiger partial charge in [0.05, 0.1) is 11.4 Å². The first-order valence-electron chi connectivity index (χ1n) is 8.57. The number of hydrogen-bond donors (Lipinski definition) is 1. The quantitative estimate of drug-likeness (QED) is 0.834. The smallest absolute Gasteiger partial charge is 0.323 e. The summed E-state index contributed by atoms with van der Waals surface area (Å²) in [6.45, 7) is 5.46. The molecule has 0 bridgehead atoms. The molecule has 2 heterocycles. The van der Waals surface area contributed by atoms with E-state index in [0.717, 1.165) is 9.87 Å². The van der Waals surface area contributed by atoms with Gasteiger partial charge in [-0.2, -0.15) is 4.31 Å². The van der Waals surface area contributed by atoms with Crippen LogP contribution in [0.15, 0.2) is 34.2 Å². The number of benzene rings is 1. The van der Waals surface area contributed by atoms with Gasteiger partial charge in [0.1, 0.15) is 12.6 Å². The molecule has 1 N–H and O–H groups in total. The van der Waals surface area contributed by atoms with Crippen molar-refractivity contribution >= 4 is 22.0 Å². The number of rotatable bonds is 4. The Balaban J connectivity index is 1.85. The third kappa shape index (κ3) is 3.54. The summed E-state index contributed by atoms with van der Waals surface area (Å²) in [7, 11) is -3.90. The maximum Gasteiger partial charge on any atom is 0.323 e. The van der Waals surface area contributed by atoms with Gasteiger partial charge >= 0.3 is 5.97 Å². The lowest BCUT2D eigenvalue weighted by Gasteiger charge is -2.38. The number of piperazine rings is 1. The lowest BCUT2D eigenvalue weighted by Crippen LogP contribution is -2.59. The van der Waals surface area contributed by atoms with Crippen LogP contribution in [0, 0.1) is 0 Å². The molecule has 1 aromatic rings. The van der Waals surface area contributed by atoms with E-state index in [1.165, 1.54) is 0 Å². The van der Waals surface area contributed by atoms with Crippen LogP contribution in [0.2, 0.25) is 0 Å². The van der Waals surface area contributed by atoms with Crippen molar-refractivity contribution in [2.24, 2.45) is 4.99 Å². The second kappa shape index (κ2) is 7.24. The summed E-state index contributed by atoms with van der Waals surface area (Å²) < 4.78 is 32.4. The zero-order valence-corrected chi connectivity index (χ0v) is 15.6. The summed E-state index contributed by atoms with van der Waals surface area (Å²) >= 11 is 0. The summed E-state index contributed by atoms with van der Waals surface area (Å²) in [5, 5.41) is 9.58. The summed E-state index contributed by atoms with van der Waals surface area (Å²) in [5.74, 6) is -0.898. The molecular formula is C17H23N3O5S. The number of nitrogens with zero attached hydrogens (tertiary/aromatic N) is 3. The number of carboxylic acid groups (broad SMARTS) is 1. The van der Waals surface area contributed by atoms with Crippen LogP contribution >= 0.6 is 0 Å². The number of aliphatic carboxylic acids is 1. The van der Waals surface area contributed by atoms with Gasteiger partial charge in [-0.15, -0.1) is 0 Å². The Bertz CT molecular complexity index is 804. The maximum absolute atomic E-state index is 13.0. The molecule has 1 saturated heterocycles. The van der Waals surface area contributed by atoms with E-state index in [-0.39, 0.29) is 23.9 Å². The van der Waals surface area contributed by atoms with Crippen LogP contribution in [0.1, 0.15) is 25.3 Å². The van der Waals surface area contributed by atoms with Crippen LogP contribution in [-0.2, 0) is 19.6 Å². The standard InChI is InChI=1S/C17H23N3O5S/c1-12(2)13-3-5-14(6-4-13)26(23,24)20-9-8-19(11-15(20)16(21)22)17-18-7-10-25-17/h3-6,12,15H,7-11H2,1-2H3,(H,21,22). The van der Waals surface area contributed by atoms with E-state index in [1.54, 1.807) is 29.2 Å². The van der Waals surface area contributed by atoms with Crippen LogP contribution in [0.3, 0.4) is 0 Å². The van der Waals surface area contributed by atoms with Crippen LogP contribution in [-0.4, -0.2) is 73.5 Å². The van der Waals surface area contributed by atoms with Crippen molar-refractivity contribution in [1.82, 2.24) is 9.21 Å². The molecule has 0 aliphatic carbocycles. The number of ether oxygens (including phenoxy) is 1. The van der Waals surface area contributed by atoms with Gasteiger partial charge in [-0.3, -0.25) is 4.79 Å². The molecule has 26 heavy (non-hydrogen) atoms. The fraction of sp³-hybridized carbons (Fsp3) is 0.529. The SMILES string of the molecule is CC(C)c1ccc(S(=O)(=O)N2CCN(C3=NCCO3)CC2C(=O)O)cc1. The topological polar surface area (TPSA) is 99.5 Å². The van der Waals surface area contributed by atoms with Gasteiger partial charge in [0.25, 0.3) is 6.02 Å². The highest BCUT2D eigenvalue weighted by atomic mass is 32.2. The fourth-order valence-corrected chi connectivity index (χ4v) is 4.67. The third-order valence-electron chi connectivity index (χ3n) is 4.61. The monoisotopic (exact) mass is 381 g/mol. The minimum absolute atomic E-state index is 0.0114. The van der Waals surface area contributed by atoms with Crippen LogP contribution in [0.4, 0.5) is 0 Å². The molecule has 9 heteroatoms. The van der Waals surface area contributed by atoms with Crippen molar-refractivity contribution in [3.05, 3.63) is 29.8 Å². The normalized spacial score (nSPS) is 21.6. The molecular weight excluding hydrogens is 358 g/mol. The average molecular weight is 381 g/mol. The lowest BCUT2D eigenvalue weighted by molar-refractivity contribution is -0.142. The molecule has 1 atom stereocenters. The molecule has 8 nitrogen and oxygen atoms in total. The average Bonchev–Trinajstić information content (AvgIpc) is 3.16. The second-order valence-corrected chi connectivity index (χ2v) is 8.54. The van der Waals surface area contributed by atoms with Gasteiger partial charge in [0, 0.05) is 19.6 Å². The Morgan fingerprint density at radius 3 is 2.50 bits per heavy atom. The van der Waals surface area contributed by atoms with E-state index in [4.69, 9.17) is 4.74 Å². The van der Waals surface area contributed by atoms with Crippen LogP contribution in [0.5, 0.6) is 0 Å². The molecule has 1 unspecified atom stereocenters. The van der Waals surface area contributed by atoms with Gasteiger partial charge in [0.2, 0.25) is 10.0 Å². The van der Waals surface area contributed by atoms with E-state index < -0.39 is 22.0 Å². The Hall–Kier alpha value is -2.13. The molecule has 3 rings (SSSR count). The van der Waals surface area contributed by atoms with Crippen LogP contribution < -0.4 is 0 Å². The Morgan fingerprint density at radius 2 is 1.96 bits per heavy atom. The minimum atomic E-state index is -3.90.